The molecule has 3 amide bonds. The van der Waals surface area contributed by atoms with Crippen LogP contribution >= 0.6 is 0 Å². The van der Waals surface area contributed by atoms with E-state index >= 15 is 0 Å². The van der Waals surface area contributed by atoms with Gasteiger partial charge >= 0.3 is 5.97 Å². The van der Waals surface area contributed by atoms with E-state index in [2.05, 4.69) is 15.4 Å². The lowest BCUT2D eigenvalue weighted by Crippen LogP contribution is -2.61. The van der Waals surface area contributed by atoms with Crippen LogP contribution in [0.4, 0.5) is 0 Å². The summed E-state index contributed by atoms with van der Waals surface area (Å²) in [6, 6.07) is 22.9. The Bertz CT molecular complexity index is 1930. The van der Waals surface area contributed by atoms with Crippen molar-refractivity contribution in [2.75, 3.05) is 6.61 Å². The molecular weight excluding hydrogens is 699 g/mol. The highest BCUT2D eigenvalue weighted by Gasteiger charge is 2.40. The van der Waals surface area contributed by atoms with Gasteiger partial charge < -0.3 is 15.4 Å². The summed E-state index contributed by atoms with van der Waals surface area (Å²) >= 11 is 0. The van der Waals surface area contributed by atoms with Gasteiger partial charge in [0.2, 0.25) is 27.7 Å². The number of esters is 1. The minimum Gasteiger partial charge on any atom is -0.461 e. The van der Waals surface area contributed by atoms with Crippen LogP contribution in [0.25, 0.3) is 0 Å². The zero-order chi connectivity index (χ0) is 38.4. The second-order valence-corrected chi connectivity index (χ2v) is 14.4. The van der Waals surface area contributed by atoms with Crippen LogP contribution in [0.15, 0.2) is 109 Å². The quantitative estimate of drug-likeness (QED) is 0.0449. The van der Waals surface area contributed by atoms with Crippen molar-refractivity contribution in [3.8, 4) is 0 Å². The molecule has 280 valence electrons. The Morgan fingerprint density at radius 2 is 1.58 bits per heavy atom. The molecule has 13 nitrogen and oxygen atoms in total. The van der Waals surface area contributed by atoms with Gasteiger partial charge in [-0.15, -0.1) is 0 Å². The number of amides is 3. The zero-order valence-electron chi connectivity index (χ0n) is 29.7. The molecule has 3 aromatic rings. The van der Waals surface area contributed by atoms with E-state index in [0.29, 0.717) is 29.5 Å². The molecule has 1 aliphatic carbocycles. The number of carbonyl (C=O) groups is 4. The number of hydrogen-bond donors (Lipinski definition) is 5. The van der Waals surface area contributed by atoms with E-state index in [1.54, 1.807) is 54.6 Å². The molecule has 0 aromatic heterocycles. The van der Waals surface area contributed by atoms with E-state index < -0.39 is 45.2 Å². The third kappa shape index (κ3) is 12.1. The summed E-state index contributed by atoms with van der Waals surface area (Å²) in [4.78, 5) is 51.6. The Kier molecular flexibility index (Phi) is 14.4. The third-order valence-electron chi connectivity index (χ3n) is 8.47. The standard InChI is InChI=1S/C39H45N5O8S/c1-3-10-35(46)52-26-31-21-23-39(24-22-31,38(48)41-25-30-15-18-33(19-16-30)36(40)44(49)28(2)45)42-37(47)34(20-17-29-11-6-4-7-12-29)43-53(50,51)27-32-13-8-5-9-14-32/h4-9,11-16,18-19,21-23,34,40,43,49H,3,10,17,20,24-27H2,1-2H3,(H,41,48)(H,42,47)/t34-,39-/m1/s1. The fraction of sp³-hybridized carbons (Fsp3) is 0.308. The van der Waals surface area contributed by atoms with Crippen molar-refractivity contribution in [3.05, 3.63) is 131 Å². The second kappa shape index (κ2) is 18.9. The SMILES string of the molecule is CCCC(=O)OCC1=CC[C@@](NC(=O)[C@@H](CCc2ccccc2)NS(=O)(=O)Cc2ccccc2)(C(=O)NCc2ccc(C(=N)N(O)C(C)=O)cc2)C=C1. The summed E-state index contributed by atoms with van der Waals surface area (Å²) in [7, 11) is -4.00. The molecule has 4 rings (SSSR count). The number of rotatable bonds is 17. The van der Waals surface area contributed by atoms with Crippen LogP contribution in [0.3, 0.4) is 0 Å². The van der Waals surface area contributed by atoms with Gasteiger partial charge in [0.15, 0.2) is 5.84 Å². The number of amidine groups is 1. The number of benzene rings is 3. The molecule has 0 heterocycles. The van der Waals surface area contributed by atoms with Crippen LogP contribution in [-0.2, 0) is 52.7 Å². The van der Waals surface area contributed by atoms with Crippen LogP contribution in [0.2, 0.25) is 0 Å². The Morgan fingerprint density at radius 1 is 0.943 bits per heavy atom. The lowest BCUT2D eigenvalue weighted by Gasteiger charge is -2.34. The number of hydrogen-bond acceptors (Lipinski definition) is 9. The largest absolute Gasteiger partial charge is 0.461 e. The Hall–Kier alpha value is -5.44. The number of nitrogens with zero attached hydrogens (tertiary/aromatic N) is 1. The van der Waals surface area contributed by atoms with Gasteiger partial charge in [0.1, 0.15) is 18.2 Å². The number of sulfonamides is 1. The van der Waals surface area contributed by atoms with Gasteiger partial charge in [-0.2, -0.15) is 5.06 Å². The van der Waals surface area contributed by atoms with Gasteiger partial charge in [0, 0.05) is 31.9 Å². The molecule has 0 fully saturated rings. The van der Waals surface area contributed by atoms with E-state index in [4.69, 9.17) is 10.1 Å². The number of nitrogens with one attached hydrogen (secondary N) is 4. The normalized spacial score (nSPS) is 15.8. The summed E-state index contributed by atoms with van der Waals surface area (Å²) in [5, 5.41) is 23.7. The third-order valence-corrected chi connectivity index (χ3v) is 9.82. The molecule has 3 aromatic carbocycles. The molecule has 2 atom stereocenters. The van der Waals surface area contributed by atoms with Crippen LogP contribution in [-0.4, -0.2) is 66.4 Å². The predicted octanol–water partition coefficient (Wildman–Crippen LogP) is 4.07. The maximum atomic E-state index is 14.1. The smallest absolute Gasteiger partial charge is 0.306 e. The fourth-order valence-electron chi connectivity index (χ4n) is 5.50. The van der Waals surface area contributed by atoms with Crippen molar-refractivity contribution >= 4 is 39.5 Å². The van der Waals surface area contributed by atoms with Gasteiger partial charge in [0.25, 0.3) is 0 Å². The summed E-state index contributed by atoms with van der Waals surface area (Å²) < 4.78 is 34.6. The van der Waals surface area contributed by atoms with E-state index in [9.17, 15) is 32.8 Å². The lowest BCUT2D eigenvalue weighted by atomic mass is 9.87. The van der Waals surface area contributed by atoms with Gasteiger partial charge in [-0.1, -0.05) is 104 Å². The maximum Gasteiger partial charge on any atom is 0.306 e. The van der Waals surface area contributed by atoms with Gasteiger partial charge in [-0.25, -0.2) is 13.1 Å². The van der Waals surface area contributed by atoms with E-state index in [1.165, 1.54) is 18.2 Å². The summed E-state index contributed by atoms with van der Waals surface area (Å²) in [6.45, 7) is 2.98. The molecule has 53 heavy (non-hydrogen) atoms. The summed E-state index contributed by atoms with van der Waals surface area (Å²) in [5.41, 5.74) is 1.32. The van der Waals surface area contributed by atoms with Crippen molar-refractivity contribution < 1.29 is 37.5 Å². The average molecular weight is 744 g/mol. The number of aryl methyl sites for hydroxylation is 1. The maximum absolute atomic E-state index is 14.1. The minimum atomic E-state index is -4.00. The highest BCUT2D eigenvalue weighted by atomic mass is 32.2. The highest BCUT2D eigenvalue weighted by molar-refractivity contribution is 7.88. The number of carbonyl (C=O) groups excluding carboxylic acids is 4. The first-order chi connectivity index (χ1) is 25.3. The van der Waals surface area contributed by atoms with E-state index in [1.807, 2.05) is 37.3 Å². The second-order valence-electron chi connectivity index (χ2n) is 12.7. The molecule has 0 saturated carbocycles. The molecule has 5 N–H and O–H groups in total. The van der Waals surface area contributed by atoms with Crippen LogP contribution in [0, 0.1) is 5.41 Å². The van der Waals surface area contributed by atoms with E-state index in [0.717, 1.165) is 12.5 Å². The molecule has 0 aliphatic heterocycles. The Labute approximate surface area is 309 Å². The first-order valence-corrected chi connectivity index (χ1v) is 18.9. The van der Waals surface area contributed by atoms with Gasteiger partial charge in [0.05, 0.1) is 5.75 Å². The first-order valence-electron chi connectivity index (χ1n) is 17.2. The molecule has 1 aliphatic rings. The lowest BCUT2D eigenvalue weighted by molar-refractivity contribution is -0.146. The van der Waals surface area contributed by atoms with Crippen molar-refractivity contribution in [2.45, 2.75) is 69.8 Å². The van der Waals surface area contributed by atoms with Crippen molar-refractivity contribution in [1.82, 2.24) is 20.4 Å². The van der Waals surface area contributed by atoms with Crippen molar-refractivity contribution in [1.29, 1.82) is 5.41 Å². The number of ether oxygens (including phenoxy) is 1. The van der Waals surface area contributed by atoms with Crippen molar-refractivity contribution in [2.24, 2.45) is 0 Å². The molecule has 0 bridgehead atoms. The van der Waals surface area contributed by atoms with Crippen LogP contribution < -0.4 is 15.4 Å². The molecule has 0 radical (unpaired) electrons. The molecule has 0 unspecified atom stereocenters. The zero-order valence-corrected chi connectivity index (χ0v) is 30.5. The fourth-order valence-corrected chi connectivity index (χ4v) is 6.87. The highest BCUT2D eigenvalue weighted by Crippen LogP contribution is 2.24. The monoisotopic (exact) mass is 743 g/mol. The molecule has 0 saturated heterocycles. The number of hydroxylamine groups is 2. The van der Waals surface area contributed by atoms with Gasteiger partial charge in [-0.3, -0.25) is 29.8 Å². The van der Waals surface area contributed by atoms with Crippen LogP contribution in [0.5, 0.6) is 0 Å². The molecule has 0 spiro atoms. The Morgan fingerprint density at radius 3 is 2.17 bits per heavy atom. The minimum absolute atomic E-state index is 0.0137. The van der Waals surface area contributed by atoms with Gasteiger partial charge in [-0.05, 0) is 47.6 Å². The Balaban J connectivity index is 1.56. The molecular formula is C39H45N5O8S. The predicted molar refractivity (Wildman–Crippen MR) is 199 cm³/mol. The topological polar surface area (TPSA) is 195 Å². The van der Waals surface area contributed by atoms with Crippen molar-refractivity contribution in [3.63, 3.8) is 0 Å². The summed E-state index contributed by atoms with van der Waals surface area (Å²) in [5.74, 6) is -3.12. The van der Waals surface area contributed by atoms with Crippen LogP contribution in [0.1, 0.15) is 61.8 Å². The molecule has 14 heteroatoms. The first kappa shape index (κ1) is 40.3. The average Bonchev–Trinajstić information content (AvgIpc) is 3.15. The van der Waals surface area contributed by atoms with E-state index in [-0.39, 0.29) is 54.8 Å². The summed E-state index contributed by atoms with van der Waals surface area (Å²) in [6.07, 6.45) is 6.16.